The number of nitrogens with zero attached hydrogens (tertiary/aromatic N) is 7. The van der Waals surface area contributed by atoms with Crippen molar-refractivity contribution in [1.82, 2.24) is 34.5 Å². The molecule has 0 spiro atoms. The van der Waals surface area contributed by atoms with Gasteiger partial charge in [-0.2, -0.15) is 13.9 Å². The average Bonchev–Trinajstić information content (AvgIpc) is 3.49. The SMILES string of the molecule is Cc1ccc(Nc2cc3ncn(-c4ccc([C@H](C)O)c(-n5nc(OC(F)F)cc5C)n4)c3cc2OC2COC2)nn1. The molecule has 1 aliphatic rings. The molecule has 0 amide bonds. The third kappa shape index (κ3) is 5.38. The third-order valence-electron chi connectivity index (χ3n) is 6.47. The molecule has 1 saturated heterocycles. The quantitative estimate of drug-likeness (QED) is 0.268. The predicted molar refractivity (Wildman–Crippen MR) is 143 cm³/mol. The van der Waals surface area contributed by atoms with E-state index in [2.05, 4.69) is 30.3 Å². The Balaban J connectivity index is 1.43. The monoisotopic (exact) mass is 564 g/mol. The minimum Gasteiger partial charge on any atom is -0.483 e. The zero-order chi connectivity index (χ0) is 28.7. The van der Waals surface area contributed by atoms with Gasteiger partial charge in [0.25, 0.3) is 0 Å². The molecule has 12 nitrogen and oxygen atoms in total. The Labute approximate surface area is 232 Å². The number of pyridine rings is 1. The molecule has 212 valence electrons. The Morgan fingerprint density at radius 1 is 1.10 bits per heavy atom. The summed E-state index contributed by atoms with van der Waals surface area (Å²) in [6, 6.07) is 12.2. The first-order valence-electron chi connectivity index (χ1n) is 12.8. The van der Waals surface area contributed by atoms with Gasteiger partial charge >= 0.3 is 6.61 Å². The van der Waals surface area contributed by atoms with E-state index in [4.69, 9.17) is 14.5 Å². The first-order chi connectivity index (χ1) is 19.7. The van der Waals surface area contributed by atoms with Crippen LogP contribution in [-0.4, -0.2) is 65.5 Å². The van der Waals surface area contributed by atoms with Gasteiger partial charge in [0.2, 0.25) is 5.88 Å². The van der Waals surface area contributed by atoms with Crippen LogP contribution in [0.5, 0.6) is 11.6 Å². The van der Waals surface area contributed by atoms with E-state index in [1.54, 1.807) is 36.9 Å². The number of nitrogens with one attached hydrogen (secondary N) is 1. The molecule has 1 aliphatic heterocycles. The zero-order valence-electron chi connectivity index (χ0n) is 22.3. The molecule has 0 radical (unpaired) electrons. The smallest absolute Gasteiger partial charge is 0.388 e. The lowest BCUT2D eigenvalue weighted by atomic mass is 10.1. The number of aliphatic hydroxyl groups is 1. The maximum absolute atomic E-state index is 12.8. The number of hydrogen-bond donors (Lipinski definition) is 2. The van der Waals surface area contributed by atoms with Crippen molar-refractivity contribution in [3.63, 3.8) is 0 Å². The minimum atomic E-state index is -3.02. The maximum Gasteiger partial charge on any atom is 0.388 e. The number of rotatable bonds is 9. The number of aliphatic hydroxyl groups excluding tert-OH is 1. The molecule has 4 aromatic heterocycles. The molecule has 5 aromatic rings. The number of fused-ring (bicyclic) bond motifs is 1. The summed E-state index contributed by atoms with van der Waals surface area (Å²) < 4.78 is 44.7. The standard InChI is InChI=1S/C27H26F2N8O4/c1-14-4-6-23(34-33-14)31-20-9-19-21(10-22(20)40-17-11-39-12-17)36(13-30-19)24-7-5-18(16(3)38)26(32-24)37-15(2)8-25(35-37)41-27(28)29/h4-10,13,16-17,27,38H,11-12H2,1-3H3,(H,31,34)/t16-/m0/s1. The van der Waals surface area contributed by atoms with E-state index in [-0.39, 0.29) is 17.8 Å². The van der Waals surface area contributed by atoms with Crippen LogP contribution in [0.1, 0.15) is 30.0 Å². The van der Waals surface area contributed by atoms with Crippen molar-refractivity contribution in [2.75, 3.05) is 18.5 Å². The van der Waals surface area contributed by atoms with Gasteiger partial charge in [0, 0.05) is 23.4 Å². The lowest BCUT2D eigenvalue weighted by Crippen LogP contribution is -2.38. The second-order valence-corrected chi connectivity index (χ2v) is 9.59. The molecule has 0 aliphatic carbocycles. The van der Waals surface area contributed by atoms with Crippen molar-refractivity contribution in [3.05, 3.63) is 65.7 Å². The highest BCUT2D eigenvalue weighted by atomic mass is 19.3. The number of anilines is 2. The Hall–Kier alpha value is -4.69. The Kier molecular flexibility index (Phi) is 6.93. The lowest BCUT2D eigenvalue weighted by Gasteiger charge is -2.27. The van der Waals surface area contributed by atoms with E-state index in [1.165, 1.54) is 10.7 Å². The fourth-order valence-corrected chi connectivity index (χ4v) is 4.37. The molecule has 1 atom stereocenters. The van der Waals surface area contributed by atoms with Crippen LogP contribution in [0, 0.1) is 13.8 Å². The normalized spacial score (nSPS) is 14.3. The molecule has 0 unspecified atom stereocenters. The average molecular weight is 565 g/mol. The number of benzene rings is 1. The van der Waals surface area contributed by atoms with Gasteiger partial charge in [0.05, 0.1) is 41.7 Å². The van der Waals surface area contributed by atoms with Gasteiger partial charge in [0.1, 0.15) is 24.0 Å². The number of halogens is 2. The van der Waals surface area contributed by atoms with Gasteiger partial charge in [-0.1, -0.05) is 0 Å². The van der Waals surface area contributed by atoms with Gasteiger partial charge in [-0.25, -0.2) is 14.6 Å². The van der Waals surface area contributed by atoms with Gasteiger partial charge in [-0.05, 0) is 51.1 Å². The second kappa shape index (κ2) is 10.7. The highest BCUT2D eigenvalue weighted by molar-refractivity contribution is 5.86. The summed E-state index contributed by atoms with van der Waals surface area (Å²) in [7, 11) is 0. The highest BCUT2D eigenvalue weighted by Gasteiger charge is 2.24. The van der Waals surface area contributed by atoms with E-state index in [9.17, 15) is 13.9 Å². The Morgan fingerprint density at radius 2 is 1.93 bits per heavy atom. The summed E-state index contributed by atoms with van der Waals surface area (Å²) in [4.78, 5) is 9.32. The van der Waals surface area contributed by atoms with Crippen LogP contribution >= 0.6 is 0 Å². The van der Waals surface area contributed by atoms with Gasteiger partial charge < -0.3 is 24.6 Å². The number of imidazole rings is 1. The number of aromatic nitrogens is 7. The minimum absolute atomic E-state index is 0.101. The van der Waals surface area contributed by atoms with Crippen molar-refractivity contribution in [2.45, 2.75) is 39.6 Å². The van der Waals surface area contributed by atoms with Gasteiger partial charge in [-0.3, -0.25) is 4.57 Å². The third-order valence-corrected chi connectivity index (χ3v) is 6.47. The fourth-order valence-electron chi connectivity index (χ4n) is 4.37. The largest absolute Gasteiger partial charge is 0.483 e. The Morgan fingerprint density at radius 3 is 2.61 bits per heavy atom. The first-order valence-corrected chi connectivity index (χ1v) is 12.8. The van der Waals surface area contributed by atoms with E-state index in [1.807, 2.05) is 31.2 Å². The van der Waals surface area contributed by atoms with Crippen LogP contribution in [0.3, 0.4) is 0 Å². The first kappa shape index (κ1) is 26.5. The molecule has 2 N–H and O–H groups in total. The van der Waals surface area contributed by atoms with E-state index >= 15 is 0 Å². The zero-order valence-corrected chi connectivity index (χ0v) is 22.3. The maximum atomic E-state index is 12.8. The van der Waals surface area contributed by atoms with Crippen LogP contribution in [0.25, 0.3) is 22.7 Å². The van der Waals surface area contributed by atoms with Crippen molar-refractivity contribution < 1.29 is 28.1 Å². The molecule has 1 aromatic carbocycles. The Bertz CT molecular complexity index is 1700. The molecule has 41 heavy (non-hydrogen) atoms. The fraction of sp³-hybridized carbons (Fsp3) is 0.296. The molecule has 5 heterocycles. The molecule has 1 fully saturated rings. The number of hydrogen-bond acceptors (Lipinski definition) is 10. The predicted octanol–water partition coefficient (Wildman–Crippen LogP) is 4.19. The molecule has 6 rings (SSSR count). The molecular weight excluding hydrogens is 538 g/mol. The van der Waals surface area contributed by atoms with Crippen molar-refractivity contribution in [2.24, 2.45) is 0 Å². The summed E-state index contributed by atoms with van der Waals surface area (Å²) in [6.07, 6.45) is 0.611. The lowest BCUT2D eigenvalue weighted by molar-refractivity contribution is -0.0793. The number of alkyl halides is 2. The second-order valence-electron chi connectivity index (χ2n) is 9.59. The van der Waals surface area contributed by atoms with Crippen LogP contribution in [0.2, 0.25) is 0 Å². The van der Waals surface area contributed by atoms with Crippen LogP contribution < -0.4 is 14.8 Å². The van der Waals surface area contributed by atoms with Crippen molar-refractivity contribution >= 4 is 22.5 Å². The number of ether oxygens (including phenoxy) is 3. The molecule has 0 bridgehead atoms. The van der Waals surface area contributed by atoms with Crippen LogP contribution in [-0.2, 0) is 4.74 Å². The summed E-state index contributed by atoms with van der Waals surface area (Å²) in [5, 5.41) is 26.1. The summed E-state index contributed by atoms with van der Waals surface area (Å²) in [5.74, 6) is 1.58. The number of aryl methyl sites for hydroxylation is 2. The van der Waals surface area contributed by atoms with Crippen LogP contribution in [0.15, 0.2) is 48.8 Å². The van der Waals surface area contributed by atoms with E-state index in [0.717, 1.165) is 5.69 Å². The molecule has 0 saturated carbocycles. The van der Waals surface area contributed by atoms with Gasteiger partial charge in [0.15, 0.2) is 11.6 Å². The van der Waals surface area contributed by atoms with Crippen molar-refractivity contribution in [1.29, 1.82) is 0 Å². The summed E-state index contributed by atoms with van der Waals surface area (Å²) >= 11 is 0. The summed E-state index contributed by atoms with van der Waals surface area (Å²) in [6.45, 7) is 3.06. The molecule has 14 heteroatoms. The highest BCUT2D eigenvalue weighted by Crippen LogP contribution is 2.35. The topological polar surface area (TPSA) is 134 Å². The van der Waals surface area contributed by atoms with Gasteiger partial charge in [-0.15, -0.1) is 10.2 Å². The van der Waals surface area contributed by atoms with E-state index < -0.39 is 12.7 Å². The molecular formula is C27H26F2N8O4. The van der Waals surface area contributed by atoms with E-state index in [0.29, 0.717) is 58.6 Å². The van der Waals surface area contributed by atoms with Crippen molar-refractivity contribution in [3.8, 4) is 23.3 Å². The summed E-state index contributed by atoms with van der Waals surface area (Å²) in [5.41, 5.74) is 3.75. The van der Waals surface area contributed by atoms with Crippen LogP contribution in [0.4, 0.5) is 20.3 Å².